The number of carbonyl (C=O) groups excluding carboxylic acids is 1. The summed E-state index contributed by atoms with van der Waals surface area (Å²) in [6, 6.07) is -0.143. The predicted octanol–water partition coefficient (Wildman–Crippen LogP) is 1.97. The Labute approximate surface area is 117 Å². The van der Waals surface area contributed by atoms with Crippen LogP contribution in [0.5, 0.6) is 0 Å². The molecule has 2 unspecified atom stereocenters. The average molecular weight is 283 g/mol. The summed E-state index contributed by atoms with van der Waals surface area (Å²) in [4.78, 5) is 16.3. The van der Waals surface area contributed by atoms with Gasteiger partial charge in [-0.25, -0.2) is 9.78 Å². The molecule has 1 aromatic heterocycles. The quantitative estimate of drug-likeness (QED) is 0.747. The highest BCUT2D eigenvalue weighted by Gasteiger charge is 2.35. The molecular weight excluding hydrogens is 262 g/mol. The number of rotatable bonds is 6. The van der Waals surface area contributed by atoms with E-state index in [1.165, 1.54) is 0 Å². The summed E-state index contributed by atoms with van der Waals surface area (Å²) in [5, 5.41) is 17.9. The SMILES string of the molecule is Cc1csc(C(NC(=O)NCCC(C)O)C2CC2)n1. The molecule has 0 saturated heterocycles. The van der Waals surface area contributed by atoms with E-state index in [4.69, 9.17) is 5.11 Å². The van der Waals surface area contributed by atoms with Crippen LogP contribution in [0, 0.1) is 12.8 Å². The van der Waals surface area contributed by atoms with E-state index in [-0.39, 0.29) is 18.2 Å². The average Bonchev–Trinajstić information content (AvgIpc) is 3.08. The molecule has 1 aliphatic rings. The second-order valence-electron chi connectivity index (χ2n) is 5.18. The van der Waals surface area contributed by atoms with Gasteiger partial charge >= 0.3 is 6.03 Å². The monoisotopic (exact) mass is 283 g/mol. The van der Waals surface area contributed by atoms with E-state index in [9.17, 15) is 4.79 Å². The van der Waals surface area contributed by atoms with Crippen molar-refractivity contribution in [1.29, 1.82) is 0 Å². The molecule has 6 heteroatoms. The van der Waals surface area contributed by atoms with Crippen molar-refractivity contribution >= 4 is 17.4 Å². The number of aromatic nitrogens is 1. The van der Waals surface area contributed by atoms with E-state index in [0.717, 1.165) is 23.5 Å². The third kappa shape index (κ3) is 4.47. The number of aliphatic hydroxyl groups is 1. The summed E-state index contributed by atoms with van der Waals surface area (Å²) >= 11 is 1.60. The van der Waals surface area contributed by atoms with Crippen molar-refractivity contribution < 1.29 is 9.90 Å². The van der Waals surface area contributed by atoms with Gasteiger partial charge in [0.2, 0.25) is 0 Å². The van der Waals surface area contributed by atoms with Crippen LogP contribution in [0.25, 0.3) is 0 Å². The van der Waals surface area contributed by atoms with Gasteiger partial charge in [-0.05, 0) is 39.0 Å². The predicted molar refractivity (Wildman–Crippen MR) is 75.1 cm³/mol. The lowest BCUT2D eigenvalue weighted by molar-refractivity contribution is 0.183. The minimum atomic E-state index is -0.388. The summed E-state index contributed by atoms with van der Waals surface area (Å²) < 4.78 is 0. The topological polar surface area (TPSA) is 74.2 Å². The molecule has 0 aliphatic heterocycles. The molecule has 106 valence electrons. The van der Waals surface area contributed by atoms with Crippen molar-refractivity contribution in [3.05, 3.63) is 16.1 Å². The van der Waals surface area contributed by atoms with E-state index in [1.54, 1.807) is 18.3 Å². The van der Waals surface area contributed by atoms with Crippen LogP contribution >= 0.6 is 11.3 Å². The zero-order valence-electron chi connectivity index (χ0n) is 11.3. The smallest absolute Gasteiger partial charge is 0.315 e. The molecule has 2 amide bonds. The number of aryl methyl sites for hydroxylation is 1. The number of amides is 2. The first kappa shape index (κ1) is 14.3. The molecule has 0 spiro atoms. The minimum Gasteiger partial charge on any atom is -0.393 e. The van der Waals surface area contributed by atoms with Crippen molar-refractivity contribution in [3.8, 4) is 0 Å². The molecule has 5 nitrogen and oxygen atoms in total. The summed E-state index contributed by atoms with van der Waals surface area (Å²) in [5.41, 5.74) is 1.00. The molecule has 1 aliphatic carbocycles. The van der Waals surface area contributed by atoms with E-state index >= 15 is 0 Å². The van der Waals surface area contributed by atoms with Crippen LogP contribution in [-0.4, -0.2) is 28.8 Å². The second kappa shape index (κ2) is 6.34. The zero-order chi connectivity index (χ0) is 13.8. The highest BCUT2D eigenvalue weighted by atomic mass is 32.1. The van der Waals surface area contributed by atoms with Crippen LogP contribution in [0.2, 0.25) is 0 Å². The molecule has 2 atom stereocenters. The Balaban J connectivity index is 1.85. The Kier molecular flexibility index (Phi) is 4.76. The lowest BCUT2D eigenvalue weighted by atomic mass is 10.2. The lowest BCUT2D eigenvalue weighted by Crippen LogP contribution is -2.39. The number of urea groups is 1. The van der Waals surface area contributed by atoms with Crippen LogP contribution in [0.4, 0.5) is 4.79 Å². The first-order chi connectivity index (χ1) is 9.06. The number of thiazole rings is 1. The van der Waals surface area contributed by atoms with Crippen LogP contribution in [0.3, 0.4) is 0 Å². The van der Waals surface area contributed by atoms with Gasteiger partial charge in [0.1, 0.15) is 5.01 Å². The van der Waals surface area contributed by atoms with E-state index in [1.807, 2.05) is 12.3 Å². The van der Waals surface area contributed by atoms with Crippen LogP contribution in [0.1, 0.15) is 42.9 Å². The van der Waals surface area contributed by atoms with E-state index < -0.39 is 0 Å². The van der Waals surface area contributed by atoms with E-state index in [2.05, 4.69) is 15.6 Å². The Morgan fingerprint density at radius 2 is 2.37 bits per heavy atom. The molecule has 1 saturated carbocycles. The van der Waals surface area contributed by atoms with Crippen LogP contribution in [0.15, 0.2) is 5.38 Å². The summed E-state index contributed by atoms with van der Waals surface area (Å²) in [6.07, 6.45) is 2.48. The molecule has 0 bridgehead atoms. The standard InChI is InChI=1S/C13H21N3O2S/c1-8-7-19-12(15-8)11(10-3-4-10)16-13(18)14-6-5-9(2)17/h7,9-11,17H,3-6H2,1-2H3,(H2,14,16,18). The number of hydrogen-bond acceptors (Lipinski definition) is 4. The Bertz CT molecular complexity index is 429. The zero-order valence-corrected chi connectivity index (χ0v) is 12.2. The molecule has 19 heavy (non-hydrogen) atoms. The maximum atomic E-state index is 11.8. The van der Waals surface area contributed by atoms with Gasteiger partial charge in [-0.1, -0.05) is 0 Å². The maximum Gasteiger partial charge on any atom is 0.315 e. The van der Waals surface area contributed by atoms with Gasteiger partial charge in [0, 0.05) is 17.6 Å². The normalized spacial score (nSPS) is 17.8. The molecule has 1 fully saturated rings. The maximum absolute atomic E-state index is 11.8. The van der Waals surface area contributed by atoms with Gasteiger partial charge in [0.15, 0.2) is 0 Å². The largest absolute Gasteiger partial charge is 0.393 e. The fourth-order valence-electron chi connectivity index (χ4n) is 1.91. The number of nitrogens with one attached hydrogen (secondary N) is 2. The van der Waals surface area contributed by atoms with Gasteiger partial charge in [0.05, 0.1) is 12.1 Å². The van der Waals surface area contributed by atoms with Gasteiger partial charge in [-0.2, -0.15) is 0 Å². The Morgan fingerprint density at radius 1 is 1.63 bits per heavy atom. The summed E-state index contributed by atoms with van der Waals surface area (Å²) in [6.45, 7) is 4.16. The van der Waals surface area contributed by atoms with Gasteiger partial charge in [-0.3, -0.25) is 0 Å². The summed E-state index contributed by atoms with van der Waals surface area (Å²) in [7, 11) is 0. The molecule has 3 N–H and O–H groups in total. The Hall–Kier alpha value is -1.14. The first-order valence-electron chi connectivity index (χ1n) is 6.70. The number of aliphatic hydroxyl groups excluding tert-OH is 1. The van der Waals surface area contributed by atoms with Crippen LogP contribution < -0.4 is 10.6 Å². The van der Waals surface area contributed by atoms with Crippen molar-refractivity contribution in [3.63, 3.8) is 0 Å². The number of carbonyl (C=O) groups is 1. The second-order valence-corrected chi connectivity index (χ2v) is 6.07. The van der Waals surface area contributed by atoms with Crippen molar-refractivity contribution in [2.45, 2.75) is 45.3 Å². The Morgan fingerprint density at radius 3 is 2.89 bits per heavy atom. The van der Waals surface area contributed by atoms with E-state index in [0.29, 0.717) is 18.9 Å². The van der Waals surface area contributed by atoms with Gasteiger partial charge < -0.3 is 15.7 Å². The van der Waals surface area contributed by atoms with Crippen molar-refractivity contribution in [2.24, 2.45) is 5.92 Å². The fraction of sp³-hybridized carbons (Fsp3) is 0.692. The van der Waals surface area contributed by atoms with Gasteiger partial charge in [0.25, 0.3) is 0 Å². The number of nitrogens with zero attached hydrogens (tertiary/aromatic N) is 1. The summed E-state index contributed by atoms with van der Waals surface area (Å²) in [5.74, 6) is 0.521. The van der Waals surface area contributed by atoms with Gasteiger partial charge in [-0.15, -0.1) is 11.3 Å². The lowest BCUT2D eigenvalue weighted by Gasteiger charge is -2.16. The van der Waals surface area contributed by atoms with Crippen molar-refractivity contribution in [1.82, 2.24) is 15.6 Å². The first-order valence-corrected chi connectivity index (χ1v) is 7.58. The highest BCUT2D eigenvalue weighted by Crippen LogP contribution is 2.41. The van der Waals surface area contributed by atoms with Crippen LogP contribution in [-0.2, 0) is 0 Å². The molecule has 1 heterocycles. The fourth-order valence-corrected chi connectivity index (χ4v) is 2.85. The highest BCUT2D eigenvalue weighted by molar-refractivity contribution is 7.09. The minimum absolute atomic E-state index is 0.0326. The third-order valence-electron chi connectivity index (χ3n) is 3.13. The molecule has 2 rings (SSSR count). The molecular formula is C13H21N3O2S. The molecule has 0 aromatic carbocycles. The van der Waals surface area contributed by atoms with Crippen molar-refractivity contribution in [2.75, 3.05) is 6.54 Å². The number of hydrogen-bond donors (Lipinski definition) is 3. The molecule has 0 radical (unpaired) electrons. The third-order valence-corrected chi connectivity index (χ3v) is 4.18. The molecule has 1 aromatic rings.